The van der Waals surface area contributed by atoms with E-state index in [-0.39, 0.29) is 11.8 Å². The van der Waals surface area contributed by atoms with Crippen molar-refractivity contribution < 1.29 is 14.3 Å². The van der Waals surface area contributed by atoms with Crippen molar-refractivity contribution in [2.75, 3.05) is 31.6 Å². The van der Waals surface area contributed by atoms with Crippen LogP contribution in [0, 0.1) is 12.8 Å². The smallest absolute Gasteiger partial charge is 0.257 e. The van der Waals surface area contributed by atoms with Gasteiger partial charge in [-0.25, -0.2) is 0 Å². The van der Waals surface area contributed by atoms with Gasteiger partial charge in [0.05, 0.1) is 18.8 Å². The van der Waals surface area contributed by atoms with Crippen LogP contribution in [-0.4, -0.2) is 43.0 Å². The van der Waals surface area contributed by atoms with Crippen LogP contribution in [0.3, 0.4) is 0 Å². The molecule has 1 aliphatic heterocycles. The number of carbonyl (C=O) groups excluding carboxylic acids is 2. The lowest BCUT2D eigenvalue weighted by Gasteiger charge is -2.27. The van der Waals surface area contributed by atoms with E-state index in [0.29, 0.717) is 49.2 Å². The topological polar surface area (TPSA) is 58.6 Å². The molecule has 0 saturated carbocycles. The standard InChI is InChI=1S/C22H28N2O3S/c1-15(2)9-10-18(25)23-21-19(22(26)24-11-13-27-14-12-24)16(3)20(28-21)17-7-5-4-6-8-17/h4-8,15H,9-14H2,1-3H3,(H,23,25). The Morgan fingerprint density at radius 3 is 2.50 bits per heavy atom. The van der Waals surface area contributed by atoms with Crippen molar-refractivity contribution in [1.82, 2.24) is 4.90 Å². The number of nitrogens with one attached hydrogen (secondary N) is 1. The number of rotatable bonds is 6. The van der Waals surface area contributed by atoms with Gasteiger partial charge in [0.2, 0.25) is 5.91 Å². The Labute approximate surface area is 170 Å². The molecule has 2 aromatic rings. The first kappa shape index (κ1) is 20.6. The molecule has 1 saturated heterocycles. The maximum atomic E-state index is 13.3. The number of thiophene rings is 1. The van der Waals surface area contributed by atoms with Gasteiger partial charge in [0.15, 0.2) is 0 Å². The van der Waals surface area contributed by atoms with Gasteiger partial charge in [-0.1, -0.05) is 44.2 Å². The van der Waals surface area contributed by atoms with Gasteiger partial charge in [0.1, 0.15) is 5.00 Å². The van der Waals surface area contributed by atoms with Crippen LogP contribution in [0.5, 0.6) is 0 Å². The quantitative estimate of drug-likeness (QED) is 0.773. The summed E-state index contributed by atoms with van der Waals surface area (Å²) in [5.41, 5.74) is 2.60. The van der Waals surface area contributed by atoms with Crippen LogP contribution < -0.4 is 5.32 Å². The van der Waals surface area contributed by atoms with Crippen LogP contribution >= 0.6 is 11.3 Å². The van der Waals surface area contributed by atoms with E-state index in [4.69, 9.17) is 4.74 Å². The van der Waals surface area contributed by atoms with Gasteiger partial charge in [-0.3, -0.25) is 9.59 Å². The molecule has 3 rings (SSSR count). The SMILES string of the molecule is Cc1c(-c2ccccc2)sc(NC(=O)CCC(C)C)c1C(=O)N1CCOCC1. The average molecular weight is 401 g/mol. The Hall–Kier alpha value is -2.18. The van der Waals surface area contributed by atoms with Crippen molar-refractivity contribution in [1.29, 1.82) is 0 Å². The van der Waals surface area contributed by atoms with E-state index in [1.54, 1.807) is 0 Å². The maximum Gasteiger partial charge on any atom is 0.257 e. The Morgan fingerprint density at radius 2 is 1.86 bits per heavy atom. The summed E-state index contributed by atoms with van der Waals surface area (Å²) in [6, 6.07) is 10.0. The summed E-state index contributed by atoms with van der Waals surface area (Å²) in [5.74, 6) is 0.397. The second-order valence-corrected chi connectivity index (χ2v) is 8.53. The molecule has 28 heavy (non-hydrogen) atoms. The molecule has 1 N–H and O–H groups in total. The molecule has 1 aliphatic rings. The van der Waals surface area contributed by atoms with Crippen molar-refractivity contribution >= 4 is 28.2 Å². The Morgan fingerprint density at radius 1 is 1.18 bits per heavy atom. The van der Waals surface area contributed by atoms with Gasteiger partial charge in [-0.05, 0) is 30.4 Å². The molecule has 1 fully saturated rings. The predicted octanol–water partition coefficient (Wildman–Crippen LogP) is 4.57. The number of hydrogen-bond donors (Lipinski definition) is 1. The largest absolute Gasteiger partial charge is 0.378 e. The molecule has 5 nitrogen and oxygen atoms in total. The molecule has 6 heteroatoms. The van der Waals surface area contributed by atoms with Crippen molar-refractivity contribution in [2.24, 2.45) is 5.92 Å². The van der Waals surface area contributed by atoms with Gasteiger partial charge in [0.25, 0.3) is 5.91 Å². The summed E-state index contributed by atoms with van der Waals surface area (Å²) in [6.07, 6.45) is 1.29. The van der Waals surface area contributed by atoms with E-state index in [1.807, 2.05) is 42.2 Å². The Balaban J connectivity index is 1.93. The third kappa shape index (κ3) is 4.80. The minimum absolute atomic E-state index is 0.0293. The summed E-state index contributed by atoms with van der Waals surface area (Å²) >= 11 is 1.48. The van der Waals surface area contributed by atoms with E-state index in [1.165, 1.54) is 11.3 Å². The first-order valence-corrected chi connectivity index (χ1v) is 10.6. The van der Waals surface area contributed by atoms with E-state index < -0.39 is 0 Å². The fourth-order valence-corrected chi connectivity index (χ4v) is 4.48. The zero-order valence-corrected chi connectivity index (χ0v) is 17.6. The van der Waals surface area contributed by atoms with Crippen LogP contribution in [0.15, 0.2) is 30.3 Å². The fourth-order valence-electron chi connectivity index (χ4n) is 3.26. The van der Waals surface area contributed by atoms with Crippen LogP contribution in [-0.2, 0) is 9.53 Å². The zero-order chi connectivity index (χ0) is 20.1. The molecule has 0 spiro atoms. The van der Waals surface area contributed by atoms with E-state index >= 15 is 0 Å². The monoisotopic (exact) mass is 400 g/mol. The lowest BCUT2D eigenvalue weighted by molar-refractivity contribution is -0.116. The molecule has 0 aliphatic carbocycles. The van der Waals surface area contributed by atoms with Crippen molar-refractivity contribution in [3.8, 4) is 10.4 Å². The van der Waals surface area contributed by atoms with Crippen LogP contribution in [0.25, 0.3) is 10.4 Å². The van der Waals surface area contributed by atoms with Gasteiger partial charge < -0.3 is 15.0 Å². The Bertz CT molecular complexity index is 824. The van der Waals surface area contributed by atoms with Gasteiger partial charge in [-0.15, -0.1) is 11.3 Å². The highest BCUT2D eigenvalue weighted by atomic mass is 32.1. The lowest BCUT2D eigenvalue weighted by Crippen LogP contribution is -2.41. The van der Waals surface area contributed by atoms with Gasteiger partial charge >= 0.3 is 0 Å². The molecule has 2 amide bonds. The second kappa shape index (κ2) is 9.34. The lowest BCUT2D eigenvalue weighted by atomic mass is 10.1. The minimum atomic E-state index is -0.0365. The summed E-state index contributed by atoms with van der Waals surface area (Å²) in [7, 11) is 0. The molecular weight excluding hydrogens is 372 g/mol. The molecule has 0 bridgehead atoms. The fraction of sp³-hybridized carbons (Fsp3) is 0.455. The summed E-state index contributed by atoms with van der Waals surface area (Å²) < 4.78 is 5.38. The molecule has 1 aromatic heterocycles. The van der Waals surface area contributed by atoms with Crippen molar-refractivity contribution in [2.45, 2.75) is 33.6 Å². The summed E-state index contributed by atoms with van der Waals surface area (Å²) in [5, 5.41) is 3.67. The third-order valence-corrected chi connectivity index (χ3v) is 6.15. The minimum Gasteiger partial charge on any atom is -0.378 e. The number of hydrogen-bond acceptors (Lipinski definition) is 4. The van der Waals surface area contributed by atoms with Crippen molar-refractivity contribution in [3.63, 3.8) is 0 Å². The third-order valence-electron chi connectivity index (χ3n) is 4.90. The summed E-state index contributed by atoms with van der Waals surface area (Å²) in [6.45, 7) is 8.43. The zero-order valence-electron chi connectivity index (χ0n) is 16.8. The Kier molecular flexibility index (Phi) is 6.86. The van der Waals surface area contributed by atoms with Crippen LogP contribution in [0.2, 0.25) is 0 Å². The number of anilines is 1. The second-order valence-electron chi connectivity index (χ2n) is 7.51. The molecule has 0 unspecified atom stereocenters. The molecule has 150 valence electrons. The number of amides is 2. The van der Waals surface area contributed by atoms with Gasteiger partial charge in [0, 0.05) is 24.4 Å². The van der Waals surface area contributed by atoms with Crippen LogP contribution in [0.4, 0.5) is 5.00 Å². The number of ether oxygens (including phenoxy) is 1. The number of morpholine rings is 1. The summed E-state index contributed by atoms with van der Waals surface area (Å²) in [4.78, 5) is 28.6. The van der Waals surface area contributed by atoms with E-state index in [2.05, 4.69) is 19.2 Å². The number of carbonyl (C=O) groups is 2. The average Bonchev–Trinajstić information content (AvgIpc) is 3.03. The molecule has 0 radical (unpaired) electrons. The highest BCUT2D eigenvalue weighted by molar-refractivity contribution is 7.20. The predicted molar refractivity (Wildman–Crippen MR) is 114 cm³/mol. The highest BCUT2D eigenvalue weighted by Gasteiger charge is 2.27. The molecular formula is C22H28N2O3S. The molecule has 1 aromatic carbocycles. The van der Waals surface area contributed by atoms with Crippen LogP contribution in [0.1, 0.15) is 42.6 Å². The van der Waals surface area contributed by atoms with Crippen molar-refractivity contribution in [3.05, 3.63) is 41.5 Å². The molecule has 2 heterocycles. The molecule has 0 atom stereocenters. The normalized spacial score (nSPS) is 14.4. The number of benzene rings is 1. The highest BCUT2D eigenvalue weighted by Crippen LogP contribution is 2.40. The van der Waals surface area contributed by atoms with Gasteiger partial charge in [-0.2, -0.15) is 0 Å². The first-order chi connectivity index (χ1) is 13.5. The number of nitrogens with zero attached hydrogens (tertiary/aromatic N) is 1. The maximum absolute atomic E-state index is 13.3. The first-order valence-electron chi connectivity index (χ1n) is 9.83. The van der Waals surface area contributed by atoms with E-state index in [9.17, 15) is 9.59 Å². The van der Waals surface area contributed by atoms with E-state index in [0.717, 1.165) is 22.4 Å².